The van der Waals surface area contributed by atoms with Gasteiger partial charge in [0, 0.05) is 29.0 Å². The lowest BCUT2D eigenvalue weighted by atomic mass is 9.75. The molecule has 5 rings (SSSR count). The summed E-state index contributed by atoms with van der Waals surface area (Å²) in [6, 6.07) is 17.7. The Balaban J connectivity index is 1.54. The molecule has 0 aromatic heterocycles. The molecular formula is C29H31NO4. The van der Waals surface area contributed by atoms with E-state index in [1.165, 1.54) is 0 Å². The summed E-state index contributed by atoms with van der Waals surface area (Å²) >= 11 is 0. The van der Waals surface area contributed by atoms with Crippen LogP contribution in [0.25, 0.3) is 0 Å². The number of esters is 1. The molecular weight excluding hydrogens is 426 g/mol. The molecule has 0 radical (unpaired) electrons. The van der Waals surface area contributed by atoms with Crippen LogP contribution in [0.3, 0.4) is 0 Å². The monoisotopic (exact) mass is 457 g/mol. The van der Waals surface area contributed by atoms with Gasteiger partial charge in [0.25, 0.3) is 0 Å². The molecule has 0 saturated heterocycles. The zero-order valence-electron chi connectivity index (χ0n) is 19.6. The molecule has 5 heteroatoms. The minimum absolute atomic E-state index is 0.0459. The van der Waals surface area contributed by atoms with E-state index in [0.29, 0.717) is 29.9 Å². The number of carbonyl (C=O) groups is 2. The van der Waals surface area contributed by atoms with Gasteiger partial charge in [-0.3, -0.25) is 4.79 Å². The van der Waals surface area contributed by atoms with Crippen LogP contribution in [0.5, 0.6) is 5.75 Å². The molecule has 1 heterocycles. The average Bonchev–Trinajstić information content (AvgIpc) is 3.36. The van der Waals surface area contributed by atoms with Gasteiger partial charge < -0.3 is 14.8 Å². The predicted octanol–water partition coefficient (Wildman–Crippen LogP) is 5.72. The smallest absolute Gasteiger partial charge is 0.337 e. The van der Waals surface area contributed by atoms with E-state index in [2.05, 4.69) is 5.32 Å². The zero-order valence-corrected chi connectivity index (χ0v) is 19.6. The Labute approximate surface area is 200 Å². The van der Waals surface area contributed by atoms with E-state index < -0.39 is 5.92 Å². The van der Waals surface area contributed by atoms with Gasteiger partial charge in [-0.1, -0.05) is 48.5 Å². The Morgan fingerprint density at radius 1 is 0.971 bits per heavy atom. The highest BCUT2D eigenvalue weighted by Gasteiger charge is 2.41. The number of rotatable bonds is 6. The number of carbonyl (C=O) groups excluding carboxylic acids is 2. The lowest BCUT2D eigenvalue weighted by Crippen LogP contribution is -2.35. The van der Waals surface area contributed by atoms with Gasteiger partial charge in [-0.15, -0.1) is 0 Å². The van der Waals surface area contributed by atoms with Crippen LogP contribution in [0.1, 0.15) is 68.9 Å². The van der Waals surface area contributed by atoms with Crippen LogP contribution in [0.4, 0.5) is 0 Å². The normalized spacial score (nSPS) is 20.7. The summed E-state index contributed by atoms with van der Waals surface area (Å²) < 4.78 is 12.2. The maximum absolute atomic E-state index is 13.5. The van der Waals surface area contributed by atoms with Crippen molar-refractivity contribution in [2.24, 2.45) is 0 Å². The van der Waals surface area contributed by atoms with E-state index in [0.717, 1.165) is 61.0 Å². The number of Topliss-reactive ketones (excluding diaryl/α,β-unsaturated/α-hetero) is 1. The molecule has 1 atom stereocenters. The SMILES string of the molecule is CC1=C(C(=O)OC2CCCC2)[C@@H](c2ccccc2OCc2ccccc2)C2=C(CCCC2=O)N1. The minimum Gasteiger partial charge on any atom is -0.489 e. The molecule has 2 aromatic rings. The zero-order chi connectivity index (χ0) is 23.5. The Bertz CT molecular complexity index is 1140. The number of allylic oxidation sites excluding steroid dienone is 3. The van der Waals surface area contributed by atoms with Crippen molar-refractivity contribution in [1.82, 2.24) is 5.32 Å². The third-order valence-corrected chi connectivity index (χ3v) is 7.04. The molecule has 3 aliphatic rings. The van der Waals surface area contributed by atoms with Crippen LogP contribution in [0.2, 0.25) is 0 Å². The van der Waals surface area contributed by atoms with Crippen LogP contribution in [0.15, 0.2) is 77.1 Å². The van der Waals surface area contributed by atoms with Gasteiger partial charge in [0.1, 0.15) is 18.5 Å². The van der Waals surface area contributed by atoms with Crippen LogP contribution in [-0.4, -0.2) is 17.9 Å². The van der Waals surface area contributed by atoms with Crippen molar-refractivity contribution in [3.05, 3.63) is 88.3 Å². The Kier molecular flexibility index (Phi) is 6.52. The van der Waals surface area contributed by atoms with Gasteiger partial charge in [0.2, 0.25) is 0 Å². The number of hydrogen-bond acceptors (Lipinski definition) is 5. The molecule has 2 aromatic carbocycles. The van der Waals surface area contributed by atoms with Crippen LogP contribution in [0, 0.1) is 0 Å². The maximum atomic E-state index is 13.5. The first kappa shape index (κ1) is 22.5. The molecule has 1 fully saturated rings. The van der Waals surface area contributed by atoms with Crippen molar-refractivity contribution in [3.63, 3.8) is 0 Å². The summed E-state index contributed by atoms with van der Waals surface area (Å²) in [7, 11) is 0. The third kappa shape index (κ3) is 4.52. The van der Waals surface area contributed by atoms with E-state index in [4.69, 9.17) is 9.47 Å². The van der Waals surface area contributed by atoms with Gasteiger partial charge in [-0.2, -0.15) is 0 Å². The van der Waals surface area contributed by atoms with Crippen LogP contribution < -0.4 is 10.1 Å². The highest BCUT2D eigenvalue weighted by atomic mass is 16.5. The van der Waals surface area contributed by atoms with Crippen molar-refractivity contribution in [2.75, 3.05) is 0 Å². The number of para-hydroxylation sites is 1. The molecule has 0 unspecified atom stereocenters. The van der Waals surface area contributed by atoms with Crippen LogP contribution in [-0.2, 0) is 20.9 Å². The average molecular weight is 458 g/mol. The molecule has 34 heavy (non-hydrogen) atoms. The topological polar surface area (TPSA) is 64.6 Å². The highest BCUT2D eigenvalue weighted by Crippen LogP contribution is 2.45. The summed E-state index contributed by atoms with van der Waals surface area (Å²) in [5.74, 6) is -0.0488. The van der Waals surface area contributed by atoms with Crippen molar-refractivity contribution in [1.29, 1.82) is 0 Å². The number of dihydropyridines is 1. The number of benzene rings is 2. The molecule has 0 bridgehead atoms. The molecule has 1 aliphatic heterocycles. The largest absolute Gasteiger partial charge is 0.489 e. The number of ketones is 1. The molecule has 1 N–H and O–H groups in total. The first-order valence-corrected chi connectivity index (χ1v) is 12.3. The van der Waals surface area contributed by atoms with E-state index in [-0.39, 0.29) is 17.9 Å². The van der Waals surface area contributed by atoms with Crippen LogP contribution >= 0.6 is 0 Å². The second-order valence-corrected chi connectivity index (χ2v) is 9.39. The maximum Gasteiger partial charge on any atom is 0.337 e. The van der Waals surface area contributed by atoms with E-state index >= 15 is 0 Å². The van der Waals surface area contributed by atoms with Crippen molar-refractivity contribution >= 4 is 11.8 Å². The van der Waals surface area contributed by atoms with E-state index in [1.54, 1.807) is 0 Å². The van der Waals surface area contributed by atoms with Crippen molar-refractivity contribution < 1.29 is 19.1 Å². The lowest BCUT2D eigenvalue weighted by Gasteiger charge is -2.35. The van der Waals surface area contributed by atoms with Crippen molar-refractivity contribution in [2.45, 2.75) is 70.5 Å². The van der Waals surface area contributed by atoms with E-state index in [9.17, 15) is 9.59 Å². The summed E-state index contributed by atoms with van der Waals surface area (Å²) in [6.45, 7) is 2.32. The molecule has 0 amide bonds. The fourth-order valence-electron chi connectivity index (χ4n) is 5.37. The Morgan fingerprint density at radius 3 is 2.50 bits per heavy atom. The number of hydrogen-bond donors (Lipinski definition) is 1. The van der Waals surface area contributed by atoms with Gasteiger partial charge in [0.05, 0.1) is 11.5 Å². The number of ether oxygens (including phenoxy) is 2. The first-order chi connectivity index (χ1) is 16.6. The molecule has 5 nitrogen and oxygen atoms in total. The van der Waals surface area contributed by atoms with Gasteiger partial charge in [-0.05, 0) is 57.1 Å². The quantitative estimate of drug-likeness (QED) is 0.562. The predicted molar refractivity (Wildman–Crippen MR) is 130 cm³/mol. The Morgan fingerprint density at radius 2 is 1.71 bits per heavy atom. The molecule has 176 valence electrons. The van der Waals surface area contributed by atoms with Gasteiger partial charge >= 0.3 is 5.97 Å². The van der Waals surface area contributed by atoms with E-state index in [1.807, 2.05) is 61.5 Å². The third-order valence-electron chi connectivity index (χ3n) is 7.04. The molecule has 0 spiro atoms. The fourth-order valence-corrected chi connectivity index (χ4v) is 5.37. The summed E-state index contributed by atoms with van der Waals surface area (Å²) in [4.78, 5) is 26.7. The number of nitrogens with one attached hydrogen (secondary N) is 1. The molecule has 2 aliphatic carbocycles. The Hall–Kier alpha value is -3.34. The summed E-state index contributed by atoms with van der Waals surface area (Å²) in [6.07, 6.45) is 6.04. The first-order valence-electron chi connectivity index (χ1n) is 12.3. The molecule has 1 saturated carbocycles. The standard InChI is InChI=1S/C29H31NO4/c1-19-26(29(32)34-21-12-5-6-13-21)27(28-23(30-19)15-9-16-24(28)31)22-14-7-8-17-25(22)33-18-20-10-3-2-4-11-20/h2-4,7-8,10-11,14,17,21,27,30H,5-6,9,12-13,15-16,18H2,1H3/t27-/m1/s1. The van der Waals surface area contributed by atoms with Crippen molar-refractivity contribution in [3.8, 4) is 5.75 Å². The summed E-state index contributed by atoms with van der Waals surface area (Å²) in [5, 5.41) is 3.38. The second-order valence-electron chi connectivity index (χ2n) is 9.39. The van der Waals surface area contributed by atoms with Gasteiger partial charge in [0.15, 0.2) is 5.78 Å². The lowest BCUT2D eigenvalue weighted by molar-refractivity contribution is -0.144. The summed E-state index contributed by atoms with van der Waals surface area (Å²) in [5.41, 5.74) is 4.79. The fraction of sp³-hybridized carbons (Fsp3) is 0.379. The second kappa shape index (κ2) is 9.88. The minimum atomic E-state index is -0.495. The van der Waals surface area contributed by atoms with Gasteiger partial charge in [-0.25, -0.2) is 4.79 Å². The highest BCUT2D eigenvalue weighted by molar-refractivity contribution is 6.04.